The van der Waals surface area contributed by atoms with E-state index >= 15 is 0 Å². The van der Waals surface area contributed by atoms with Crippen molar-refractivity contribution in [3.63, 3.8) is 0 Å². The molecule has 0 spiro atoms. The van der Waals surface area contributed by atoms with Crippen molar-refractivity contribution >= 4 is 0 Å². The second-order valence-corrected chi connectivity index (χ2v) is 6.02. The lowest BCUT2D eigenvalue weighted by Crippen LogP contribution is -2.02. The van der Waals surface area contributed by atoms with Gasteiger partial charge in [-0.3, -0.25) is 0 Å². The molecule has 0 atom stereocenters. The Kier molecular flexibility index (Phi) is 4.31. The molecule has 0 aliphatic heterocycles. The molecule has 2 aromatic carbocycles. The highest BCUT2D eigenvalue weighted by atomic mass is 15.3. The Bertz CT molecular complexity index is 1050. The van der Waals surface area contributed by atoms with Crippen LogP contribution in [0.15, 0.2) is 79.4 Å². The molecule has 0 amide bonds. The van der Waals surface area contributed by atoms with Crippen molar-refractivity contribution in [2.45, 2.75) is 13.0 Å². The highest BCUT2D eigenvalue weighted by Gasteiger charge is 2.08. The minimum Gasteiger partial charge on any atom is -0.331 e. The molecule has 2 heterocycles. The Morgan fingerprint density at radius 3 is 2.77 bits per heavy atom. The Hall–Kier alpha value is -3.65. The fourth-order valence-corrected chi connectivity index (χ4v) is 2.94. The summed E-state index contributed by atoms with van der Waals surface area (Å²) in [7, 11) is 0. The first-order chi connectivity index (χ1) is 12.8. The Morgan fingerprint density at radius 1 is 1.04 bits per heavy atom. The van der Waals surface area contributed by atoms with Gasteiger partial charge in [0.1, 0.15) is 5.82 Å². The number of hydrogen-bond donors (Lipinski definition) is 0. The van der Waals surface area contributed by atoms with Crippen molar-refractivity contribution in [3.05, 3.63) is 90.5 Å². The maximum absolute atomic E-state index is 9.09. The van der Waals surface area contributed by atoms with Gasteiger partial charge in [-0.05, 0) is 36.2 Å². The number of para-hydroxylation sites is 1. The van der Waals surface area contributed by atoms with Gasteiger partial charge in [0.15, 0.2) is 0 Å². The third-order valence-corrected chi connectivity index (χ3v) is 4.26. The summed E-state index contributed by atoms with van der Waals surface area (Å²) in [5.41, 5.74) is 3.81. The molecular weight excluding hydrogens is 322 g/mol. The number of imidazole rings is 1. The number of aromatic nitrogens is 4. The minimum absolute atomic E-state index is 0.640. The van der Waals surface area contributed by atoms with Crippen LogP contribution in [-0.4, -0.2) is 19.3 Å². The summed E-state index contributed by atoms with van der Waals surface area (Å²) >= 11 is 0. The van der Waals surface area contributed by atoms with Crippen LogP contribution >= 0.6 is 0 Å². The summed E-state index contributed by atoms with van der Waals surface area (Å²) in [6, 6.07) is 19.8. The molecule has 0 aliphatic carbocycles. The number of rotatable bonds is 5. The molecular formula is C21H17N5. The van der Waals surface area contributed by atoms with Crippen molar-refractivity contribution in [3.8, 4) is 23.1 Å². The average molecular weight is 339 g/mol. The SMILES string of the molecule is N#Cc1cccc(-c2nccn2CCc2cnn(-c3ccccc3)c2)c1. The zero-order valence-electron chi connectivity index (χ0n) is 14.2. The van der Waals surface area contributed by atoms with Crippen LogP contribution in [-0.2, 0) is 13.0 Å². The van der Waals surface area contributed by atoms with Crippen LogP contribution in [0.3, 0.4) is 0 Å². The van der Waals surface area contributed by atoms with E-state index in [4.69, 9.17) is 5.26 Å². The van der Waals surface area contributed by atoms with E-state index in [0.717, 1.165) is 30.0 Å². The van der Waals surface area contributed by atoms with Crippen molar-refractivity contribution in [1.29, 1.82) is 5.26 Å². The van der Waals surface area contributed by atoms with Gasteiger partial charge in [0, 0.05) is 30.7 Å². The largest absolute Gasteiger partial charge is 0.331 e. The van der Waals surface area contributed by atoms with E-state index in [9.17, 15) is 0 Å². The van der Waals surface area contributed by atoms with Gasteiger partial charge in [-0.2, -0.15) is 10.4 Å². The first-order valence-corrected chi connectivity index (χ1v) is 8.44. The van der Waals surface area contributed by atoms with Gasteiger partial charge < -0.3 is 4.57 Å². The molecule has 4 rings (SSSR count). The van der Waals surface area contributed by atoms with E-state index in [2.05, 4.69) is 26.9 Å². The van der Waals surface area contributed by atoms with Crippen molar-refractivity contribution in [2.75, 3.05) is 0 Å². The van der Waals surface area contributed by atoms with E-state index < -0.39 is 0 Å². The maximum Gasteiger partial charge on any atom is 0.139 e. The molecule has 0 N–H and O–H groups in total. The molecule has 0 unspecified atom stereocenters. The quantitative estimate of drug-likeness (QED) is 0.555. The average Bonchev–Trinajstić information content (AvgIpc) is 3.36. The van der Waals surface area contributed by atoms with Crippen LogP contribution in [0.2, 0.25) is 0 Å². The normalized spacial score (nSPS) is 10.6. The second kappa shape index (κ2) is 7.08. The summed E-state index contributed by atoms with van der Waals surface area (Å²) in [5, 5.41) is 13.5. The van der Waals surface area contributed by atoms with Gasteiger partial charge in [0.2, 0.25) is 0 Å². The lowest BCUT2D eigenvalue weighted by atomic mass is 10.1. The number of nitrogens with zero attached hydrogens (tertiary/aromatic N) is 5. The van der Waals surface area contributed by atoms with Crippen molar-refractivity contribution < 1.29 is 0 Å². The van der Waals surface area contributed by atoms with Gasteiger partial charge in [0.25, 0.3) is 0 Å². The van der Waals surface area contributed by atoms with E-state index in [-0.39, 0.29) is 0 Å². The predicted molar refractivity (Wildman–Crippen MR) is 99.6 cm³/mol. The molecule has 5 nitrogen and oxygen atoms in total. The smallest absolute Gasteiger partial charge is 0.139 e. The van der Waals surface area contributed by atoms with Crippen LogP contribution in [0.1, 0.15) is 11.1 Å². The molecule has 26 heavy (non-hydrogen) atoms. The lowest BCUT2D eigenvalue weighted by Gasteiger charge is -2.07. The fourth-order valence-electron chi connectivity index (χ4n) is 2.94. The molecule has 0 radical (unpaired) electrons. The third kappa shape index (κ3) is 3.26. The second-order valence-electron chi connectivity index (χ2n) is 6.02. The number of nitriles is 1. The Labute approximate surface area is 151 Å². The summed E-state index contributed by atoms with van der Waals surface area (Å²) in [6.07, 6.45) is 8.58. The molecule has 2 aromatic heterocycles. The molecule has 5 heteroatoms. The molecule has 0 saturated heterocycles. The number of hydrogen-bond acceptors (Lipinski definition) is 3. The van der Waals surface area contributed by atoms with Crippen LogP contribution in [0.4, 0.5) is 0 Å². The van der Waals surface area contributed by atoms with E-state index in [1.165, 1.54) is 5.56 Å². The van der Waals surface area contributed by atoms with Crippen LogP contribution in [0.25, 0.3) is 17.1 Å². The van der Waals surface area contributed by atoms with E-state index in [1.807, 2.05) is 65.6 Å². The highest BCUT2D eigenvalue weighted by Crippen LogP contribution is 2.19. The monoisotopic (exact) mass is 339 g/mol. The summed E-state index contributed by atoms with van der Waals surface area (Å²) < 4.78 is 4.00. The molecule has 0 bridgehead atoms. The summed E-state index contributed by atoms with van der Waals surface area (Å²) in [5.74, 6) is 0.873. The molecule has 126 valence electrons. The van der Waals surface area contributed by atoms with E-state index in [1.54, 1.807) is 12.3 Å². The van der Waals surface area contributed by atoms with E-state index in [0.29, 0.717) is 5.56 Å². The lowest BCUT2D eigenvalue weighted by molar-refractivity contribution is 0.703. The molecule has 0 fully saturated rings. The first-order valence-electron chi connectivity index (χ1n) is 8.44. The number of benzene rings is 2. The van der Waals surface area contributed by atoms with Crippen LogP contribution in [0.5, 0.6) is 0 Å². The summed E-state index contributed by atoms with van der Waals surface area (Å²) in [6.45, 7) is 0.798. The van der Waals surface area contributed by atoms with Crippen molar-refractivity contribution in [2.24, 2.45) is 0 Å². The highest BCUT2D eigenvalue weighted by molar-refractivity contribution is 5.58. The maximum atomic E-state index is 9.09. The zero-order chi connectivity index (χ0) is 17.8. The van der Waals surface area contributed by atoms with Crippen molar-refractivity contribution in [1.82, 2.24) is 19.3 Å². The third-order valence-electron chi connectivity index (χ3n) is 4.26. The molecule has 0 aliphatic rings. The first kappa shape index (κ1) is 15.9. The topological polar surface area (TPSA) is 59.4 Å². The van der Waals surface area contributed by atoms with Gasteiger partial charge in [-0.25, -0.2) is 9.67 Å². The Balaban J connectivity index is 1.51. The van der Waals surface area contributed by atoms with Gasteiger partial charge in [-0.15, -0.1) is 0 Å². The Morgan fingerprint density at radius 2 is 1.92 bits per heavy atom. The summed E-state index contributed by atoms with van der Waals surface area (Å²) in [4.78, 5) is 4.46. The molecule has 0 saturated carbocycles. The van der Waals surface area contributed by atoms with Gasteiger partial charge >= 0.3 is 0 Å². The standard InChI is InChI=1S/C21H17N5/c22-14-17-5-4-6-19(13-17)21-23-10-12-25(21)11-9-18-15-24-26(16-18)20-7-2-1-3-8-20/h1-8,10,12-13,15-16H,9,11H2. The van der Waals surface area contributed by atoms with Gasteiger partial charge in [0.05, 0.1) is 23.5 Å². The zero-order valence-corrected chi connectivity index (χ0v) is 14.2. The predicted octanol–water partition coefficient (Wildman–Crippen LogP) is 3.85. The fraction of sp³-hybridized carbons (Fsp3) is 0.0952. The number of aryl methyl sites for hydroxylation is 2. The van der Waals surface area contributed by atoms with Gasteiger partial charge in [-0.1, -0.05) is 30.3 Å². The van der Waals surface area contributed by atoms with Crippen LogP contribution < -0.4 is 0 Å². The molecule has 4 aromatic rings. The minimum atomic E-state index is 0.640. The van der Waals surface area contributed by atoms with Crippen LogP contribution in [0, 0.1) is 11.3 Å².